The first-order valence-corrected chi connectivity index (χ1v) is 14.8. The van der Waals surface area contributed by atoms with E-state index < -0.39 is 29.3 Å². The third-order valence-electron chi connectivity index (χ3n) is 11.6. The molecule has 0 amide bonds. The second-order valence-electron chi connectivity index (χ2n) is 14.0. The van der Waals surface area contributed by atoms with Gasteiger partial charge in [-0.15, -0.1) is 0 Å². The van der Waals surface area contributed by atoms with Crippen LogP contribution in [0.1, 0.15) is 119 Å². The highest BCUT2D eigenvalue weighted by molar-refractivity contribution is 5.66. The number of hydrogen-bond acceptors (Lipinski definition) is 4. The van der Waals surface area contributed by atoms with Crippen LogP contribution in [0.4, 0.5) is 4.39 Å². The van der Waals surface area contributed by atoms with Crippen LogP contribution in [0.15, 0.2) is 0 Å². The molecular formula is C31H51FO4. The van der Waals surface area contributed by atoms with E-state index in [1.165, 1.54) is 52.4 Å². The summed E-state index contributed by atoms with van der Waals surface area (Å²) in [6, 6.07) is 0. The summed E-state index contributed by atoms with van der Waals surface area (Å²) in [7, 11) is 0. The van der Waals surface area contributed by atoms with Crippen molar-refractivity contribution >= 4 is 11.9 Å². The molecule has 0 aromatic rings. The summed E-state index contributed by atoms with van der Waals surface area (Å²) in [5.41, 5.74) is -1.93. The van der Waals surface area contributed by atoms with Gasteiger partial charge in [0.1, 0.15) is 12.2 Å². The van der Waals surface area contributed by atoms with Gasteiger partial charge < -0.3 is 9.47 Å². The molecule has 5 heteroatoms. The zero-order valence-electron chi connectivity index (χ0n) is 23.9. The highest BCUT2D eigenvalue weighted by atomic mass is 19.1. The van der Waals surface area contributed by atoms with Crippen LogP contribution in [0.3, 0.4) is 0 Å². The van der Waals surface area contributed by atoms with E-state index in [2.05, 4.69) is 34.6 Å². The standard InChI is InChI=1S/C31H51FO4/c1-19(2)9-8-10-20(3)25-11-12-26-24-17-28(36-22(5)34)31(32)18-23(35-21(4)33)13-16-30(31,7)27(24)14-15-29(25,26)6/h19-20,23-28H,8-18H2,1-7H3/t20-,23?,24?,25?,26?,27?,28?,29?,30?,31+/m1/s1. The van der Waals surface area contributed by atoms with Gasteiger partial charge in [-0.05, 0) is 85.9 Å². The number of halogens is 1. The van der Waals surface area contributed by atoms with Crippen molar-refractivity contribution < 1.29 is 23.5 Å². The molecule has 0 aromatic heterocycles. The van der Waals surface area contributed by atoms with E-state index in [0.29, 0.717) is 42.4 Å². The van der Waals surface area contributed by atoms with Crippen LogP contribution >= 0.6 is 0 Å². The maximum absolute atomic E-state index is 17.3. The van der Waals surface area contributed by atoms with Gasteiger partial charge in [-0.2, -0.15) is 0 Å². The Bertz CT molecular complexity index is 827. The Morgan fingerprint density at radius 3 is 2.25 bits per heavy atom. The van der Waals surface area contributed by atoms with Crippen molar-refractivity contribution in [1.29, 1.82) is 0 Å². The van der Waals surface area contributed by atoms with Crippen LogP contribution in [-0.2, 0) is 19.1 Å². The fourth-order valence-corrected chi connectivity index (χ4v) is 9.87. The van der Waals surface area contributed by atoms with Gasteiger partial charge in [0.25, 0.3) is 0 Å². The lowest BCUT2D eigenvalue weighted by Gasteiger charge is -2.64. The van der Waals surface area contributed by atoms with Crippen LogP contribution in [0.5, 0.6) is 0 Å². The molecule has 0 aliphatic heterocycles. The van der Waals surface area contributed by atoms with Crippen molar-refractivity contribution in [1.82, 2.24) is 0 Å². The predicted molar refractivity (Wildman–Crippen MR) is 140 cm³/mol. The van der Waals surface area contributed by atoms with Crippen molar-refractivity contribution in [3.8, 4) is 0 Å². The zero-order valence-corrected chi connectivity index (χ0v) is 23.9. The Morgan fingerprint density at radius 2 is 1.61 bits per heavy atom. The molecular weight excluding hydrogens is 455 g/mol. The van der Waals surface area contributed by atoms with Crippen LogP contribution in [0, 0.1) is 46.3 Å². The lowest BCUT2D eigenvalue weighted by atomic mass is 9.42. The Hall–Kier alpha value is -1.13. The molecule has 36 heavy (non-hydrogen) atoms. The maximum atomic E-state index is 17.3. The summed E-state index contributed by atoms with van der Waals surface area (Å²) >= 11 is 0. The average Bonchev–Trinajstić information content (AvgIpc) is 3.12. The highest BCUT2D eigenvalue weighted by Gasteiger charge is 2.70. The number of ether oxygens (including phenoxy) is 2. The van der Waals surface area contributed by atoms with E-state index in [1.54, 1.807) is 0 Å². The van der Waals surface area contributed by atoms with Gasteiger partial charge in [0.15, 0.2) is 5.67 Å². The number of esters is 2. The number of hydrogen-bond donors (Lipinski definition) is 0. The molecule has 0 saturated heterocycles. The smallest absolute Gasteiger partial charge is 0.303 e. The third-order valence-corrected chi connectivity index (χ3v) is 11.6. The average molecular weight is 507 g/mol. The van der Waals surface area contributed by atoms with Crippen molar-refractivity contribution in [2.75, 3.05) is 0 Å². The molecule has 0 radical (unpaired) electrons. The lowest BCUT2D eigenvalue weighted by molar-refractivity contribution is -0.243. The first-order chi connectivity index (χ1) is 16.8. The number of carbonyl (C=O) groups is 2. The molecule has 4 aliphatic carbocycles. The van der Waals surface area contributed by atoms with E-state index in [1.807, 2.05) is 0 Å². The number of rotatable bonds is 7. The molecule has 4 rings (SSSR count). The first kappa shape index (κ1) is 27.9. The second kappa shape index (κ2) is 10.2. The Kier molecular flexibility index (Phi) is 7.91. The molecule has 0 spiro atoms. The van der Waals surface area contributed by atoms with Crippen LogP contribution in [0.25, 0.3) is 0 Å². The minimum absolute atomic E-state index is 0.141. The van der Waals surface area contributed by atoms with Crippen molar-refractivity contribution in [2.45, 2.75) is 137 Å². The molecule has 0 aromatic carbocycles. The monoisotopic (exact) mass is 506 g/mol. The predicted octanol–water partition coefficient (Wildman–Crippen LogP) is 7.67. The second-order valence-corrected chi connectivity index (χ2v) is 14.0. The summed E-state index contributed by atoms with van der Waals surface area (Å²) in [6.07, 6.45) is 9.56. The van der Waals surface area contributed by atoms with Crippen molar-refractivity contribution in [3.63, 3.8) is 0 Å². The van der Waals surface area contributed by atoms with E-state index in [9.17, 15) is 9.59 Å². The summed E-state index contributed by atoms with van der Waals surface area (Å²) in [6.45, 7) is 14.5. The van der Waals surface area contributed by atoms with Gasteiger partial charge >= 0.3 is 11.9 Å². The molecule has 206 valence electrons. The molecule has 0 N–H and O–H groups in total. The molecule has 8 unspecified atom stereocenters. The van der Waals surface area contributed by atoms with E-state index in [-0.39, 0.29) is 12.4 Å². The summed E-state index contributed by atoms with van der Waals surface area (Å²) < 4.78 is 28.6. The Morgan fingerprint density at radius 1 is 0.917 bits per heavy atom. The molecule has 0 heterocycles. The third kappa shape index (κ3) is 4.75. The van der Waals surface area contributed by atoms with Crippen molar-refractivity contribution in [2.24, 2.45) is 46.3 Å². The summed E-state index contributed by atoms with van der Waals surface area (Å²) in [5, 5.41) is 0. The Balaban J connectivity index is 1.59. The van der Waals surface area contributed by atoms with Gasteiger partial charge in [-0.25, -0.2) is 4.39 Å². The molecule has 0 bridgehead atoms. The maximum Gasteiger partial charge on any atom is 0.303 e. The minimum atomic E-state index is -1.66. The first-order valence-electron chi connectivity index (χ1n) is 14.8. The molecule has 10 atom stereocenters. The molecule has 4 nitrogen and oxygen atoms in total. The van der Waals surface area contributed by atoms with E-state index in [0.717, 1.165) is 24.2 Å². The Labute approximate surface area is 218 Å². The number of carbonyl (C=O) groups excluding carboxylic acids is 2. The molecule has 4 saturated carbocycles. The normalized spacial score (nSPS) is 44.8. The summed E-state index contributed by atoms with van der Waals surface area (Å²) in [4.78, 5) is 23.8. The van der Waals surface area contributed by atoms with Gasteiger partial charge in [0, 0.05) is 25.7 Å². The topological polar surface area (TPSA) is 52.6 Å². The van der Waals surface area contributed by atoms with Gasteiger partial charge in [0.05, 0.1) is 0 Å². The van der Waals surface area contributed by atoms with Gasteiger partial charge in [-0.1, -0.05) is 53.9 Å². The quantitative estimate of drug-likeness (QED) is 0.332. The molecule has 4 fully saturated rings. The van der Waals surface area contributed by atoms with E-state index in [4.69, 9.17) is 9.47 Å². The lowest BCUT2D eigenvalue weighted by Crippen LogP contribution is -2.67. The summed E-state index contributed by atoms with van der Waals surface area (Å²) in [5.74, 6) is 2.69. The van der Waals surface area contributed by atoms with Gasteiger partial charge in [-0.3, -0.25) is 9.59 Å². The number of alkyl halides is 1. The van der Waals surface area contributed by atoms with Crippen molar-refractivity contribution in [3.05, 3.63) is 0 Å². The fraction of sp³-hybridized carbons (Fsp3) is 0.935. The minimum Gasteiger partial charge on any atom is -0.462 e. The highest BCUT2D eigenvalue weighted by Crippen LogP contribution is 2.70. The fourth-order valence-electron chi connectivity index (χ4n) is 9.87. The van der Waals surface area contributed by atoms with Crippen LogP contribution in [0.2, 0.25) is 0 Å². The number of fused-ring (bicyclic) bond motifs is 5. The van der Waals surface area contributed by atoms with Crippen LogP contribution in [-0.4, -0.2) is 29.8 Å². The molecule has 4 aliphatic rings. The SMILES string of the molecule is CC(=O)OC1CCC2(C)C3CCC4(C)C(CCC4[C@H](C)CCCC(C)C)C3CC(OC(C)=O)[C@@]2(F)C1. The zero-order chi connectivity index (χ0) is 26.5. The van der Waals surface area contributed by atoms with Crippen LogP contribution < -0.4 is 0 Å². The largest absolute Gasteiger partial charge is 0.462 e. The van der Waals surface area contributed by atoms with Gasteiger partial charge in [0.2, 0.25) is 0 Å². The van der Waals surface area contributed by atoms with E-state index >= 15 is 4.39 Å².